The molecule has 0 spiro atoms. The van der Waals surface area contributed by atoms with Crippen LogP contribution in [-0.2, 0) is 55.6 Å². The molecule has 0 saturated carbocycles. The van der Waals surface area contributed by atoms with Gasteiger partial charge in [0, 0.05) is 12.8 Å². The van der Waals surface area contributed by atoms with Crippen molar-refractivity contribution in [2.45, 2.75) is 173 Å². The molecule has 1 aliphatic heterocycles. The lowest BCUT2D eigenvalue weighted by atomic mass is 9.96. The topological polar surface area (TPSA) is 147 Å². The second-order valence-electron chi connectivity index (χ2n) is 18.1. The van der Waals surface area contributed by atoms with E-state index < -0.39 is 61.7 Å². The van der Waals surface area contributed by atoms with E-state index >= 15 is 0 Å². The van der Waals surface area contributed by atoms with Gasteiger partial charge in [-0.3, -0.25) is 14.1 Å². The van der Waals surface area contributed by atoms with Gasteiger partial charge in [0.05, 0.1) is 12.2 Å². The molecule has 1 amide bonds. The van der Waals surface area contributed by atoms with Crippen LogP contribution >= 0.6 is 0 Å². The van der Waals surface area contributed by atoms with Gasteiger partial charge in [-0.15, -0.1) is 0 Å². The normalized spacial score (nSPS) is 19.4. The molecule has 4 aromatic carbocycles. The Morgan fingerprint density at radius 2 is 1.17 bits per heavy atom. The number of hydrogen-bond acceptors (Lipinski definition) is 9. The minimum atomic E-state index is -5.06. The van der Waals surface area contributed by atoms with Crippen LogP contribution in [0.2, 0.25) is 13.1 Å². The first kappa shape index (κ1) is 50.3. The molecule has 11 nitrogen and oxygen atoms in total. The molecule has 0 aromatic heterocycles. The highest BCUT2D eigenvalue weighted by molar-refractivity contribution is 7.80. The number of unbranched alkanes of at least 4 members (excludes halogenated alkanes) is 10. The van der Waals surface area contributed by atoms with E-state index in [9.17, 15) is 22.6 Å². The molecule has 13 heteroatoms. The van der Waals surface area contributed by atoms with E-state index in [0.29, 0.717) is 12.8 Å². The smallest absolute Gasteiger partial charge is 0.397 e. The SMILES string of the molecule is C[Si](C)OC1O[C@H](COC(C)(C)C)[C@@H](OS(=O)(=O)O)[C@H](OC(=O)CCCCCCCCc2ccc3ccccc3c2)[C@H]1NC(=O)CCCCCCCCc1ccc2ccccc2c1. The summed E-state index contributed by atoms with van der Waals surface area (Å²) in [7, 11) is -6.50. The maximum Gasteiger partial charge on any atom is 0.397 e. The van der Waals surface area contributed by atoms with E-state index in [2.05, 4.69) is 90.2 Å². The van der Waals surface area contributed by atoms with E-state index in [1.807, 2.05) is 33.9 Å². The van der Waals surface area contributed by atoms with Crippen molar-refractivity contribution in [3.63, 3.8) is 0 Å². The van der Waals surface area contributed by atoms with Crippen LogP contribution in [0.1, 0.15) is 122 Å². The van der Waals surface area contributed by atoms with Gasteiger partial charge in [0.15, 0.2) is 12.4 Å². The van der Waals surface area contributed by atoms with E-state index in [-0.39, 0.29) is 25.4 Å². The molecule has 1 radical (unpaired) electrons. The van der Waals surface area contributed by atoms with Crippen LogP contribution in [0.3, 0.4) is 0 Å². The quantitative estimate of drug-likeness (QED) is 0.0270. The molecule has 345 valence electrons. The standard InChI is InChI=1S/C50H70NO10SSi/c1-50(2,3)57-36-43-47(60-62(54,55)56)48(59-45(53)29-17-13-9-7-11-15-23-38-31-33-40-25-19-21-27-42(40)35-38)46(49(58-43)61-63(4)5)51-44(52)28-16-12-8-6-10-14-22-37-30-32-39-24-18-20-26-41(39)34-37/h18-21,24-27,30-35,43,46-49H,6-17,22-23,28-29,36H2,1-5H3,(H,51,52)(H,54,55,56)/t43-,46-,47-,48-,49?/m1/s1. The van der Waals surface area contributed by atoms with Gasteiger partial charge in [0.2, 0.25) is 14.9 Å². The first-order valence-corrected chi connectivity index (χ1v) is 26.8. The Morgan fingerprint density at radius 1 is 0.683 bits per heavy atom. The summed E-state index contributed by atoms with van der Waals surface area (Å²) in [5.74, 6) is -0.888. The Kier molecular flexibility index (Phi) is 20.1. The Balaban J connectivity index is 1.12. The summed E-state index contributed by atoms with van der Waals surface area (Å²) in [5.41, 5.74) is 2.03. The van der Waals surface area contributed by atoms with Crippen molar-refractivity contribution in [1.82, 2.24) is 5.32 Å². The number of hydrogen-bond donors (Lipinski definition) is 2. The highest BCUT2D eigenvalue weighted by Crippen LogP contribution is 2.31. The van der Waals surface area contributed by atoms with Gasteiger partial charge < -0.3 is 24.0 Å². The number of ether oxygens (including phenoxy) is 3. The van der Waals surface area contributed by atoms with Crippen molar-refractivity contribution in [1.29, 1.82) is 0 Å². The maximum atomic E-state index is 13.6. The molecule has 5 atom stereocenters. The lowest BCUT2D eigenvalue weighted by Crippen LogP contribution is -2.67. The van der Waals surface area contributed by atoms with Crippen LogP contribution in [0.25, 0.3) is 21.5 Å². The second-order valence-corrected chi connectivity index (χ2v) is 21.2. The number of carbonyl (C=O) groups excluding carboxylic acids is 2. The first-order valence-electron chi connectivity index (χ1n) is 23.0. The third-order valence-electron chi connectivity index (χ3n) is 11.4. The van der Waals surface area contributed by atoms with E-state index in [1.54, 1.807) is 0 Å². The molecular formula is C50H70NO10SSi. The minimum Gasteiger partial charge on any atom is -0.457 e. The third-order valence-corrected chi connectivity index (χ3v) is 12.5. The third kappa shape index (κ3) is 18.0. The molecule has 0 bridgehead atoms. The first-order chi connectivity index (χ1) is 30.1. The second kappa shape index (κ2) is 25.1. The number of benzene rings is 4. The number of amides is 1. The number of esters is 1. The van der Waals surface area contributed by atoms with Gasteiger partial charge in [-0.1, -0.05) is 136 Å². The molecule has 1 heterocycles. The summed E-state index contributed by atoms with van der Waals surface area (Å²) in [4.78, 5) is 27.1. The van der Waals surface area contributed by atoms with Crippen molar-refractivity contribution in [2.24, 2.45) is 0 Å². The number of fused-ring (bicyclic) bond motifs is 2. The zero-order valence-electron chi connectivity index (χ0n) is 38.0. The fraction of sp³-hybridized carbons (Fsp3) is 0.560. The molecule has 2 N–H and O–H groups in total. The van der Waals surface area contributed by atoms with Crippen molar-refractivity contribution >= 4 is 52.9 Å². The maximum absolute atomic E-state index is 13.6. The van der Waals surface area contributed by atoms with Crippen molar-refractivity contribution in [3.8, 4) is 0 Å². The summed E-state index contributed by atoms with van der Waals surface area (Å²) in [6, 6.07) is 28.9. The van der Waals surface area contributed by atoms with Gasteiger partial charge in [-0.2, -0.15) is 8.42 Å². The Hall–Kier alpha value is -3.69. The lowest BCUT2D eigenvalue weighted by molar-refractivity contribution is -0.254. The van der Waals surface area contributed by atoms with E-state index in [0.717, 1.165) is 77.0 Å². The van der Waals surface area contributed by atoms with Crippen LogP contribution in [0.5, 0.6) is 0 Å². The number of carbonyl (C=O) groups is 2. The minimum absolute atomic E-state index is 0.0846. The molecule has 1 saturated heterocycles. The van der Waals surface area contributed by atoms with Gasteiger partial charge in [0.1, 0.15) is 18.2 Å². The molecule has 4 aromatic rings. The Labute approximate surface area is 377 Å². The molecule has 0 aliphatic carbocycles. The summed E-state index contributed by atoms with van der Waals surface area (Å²) in [6.45, 7) is 9.15. The molecule has 1 aliphatic rings. The van der Waals surface area contributed by atoms with Crippen LogP contribution in [0.15, 0.2) is 84.9 Å². The Morgan fingerprint density at radius 3 is 1.68 bits per heavy atom. The Bertz CT molecular complexity index is 2140. The highest BCUT2D eigenvalue weighted by Gasteiger charge is 2.52. The molecule has 1 unspecified atom stereocenters. The van der Waals surface area contributed by atoms with Gasteiger partial charge in [0.25, 0.3) is 0 Å². The fourth-order valence-electron chi connectivity index (χ4n) is 8.14. The average molecular weight is 905 g/mol. The van der Waals surface area contributed by atoms with Crippen molar-refractivity contribution < 1.29 is 45.4 Å². The summed E-state index contributed by atoms with van der Waals surface area (Å²) < 4.78 is 64.2. The monoisotopic (exact) mass is 904 g/mol. The van der Waals surface area contributed by atoms with Gasteiger partial charge in [-0.05, 0) is 105 Å². The zero-order chi connectivity index (χ0) is 45.2. The van der Waals surface area contributed by atoms with Gasteiger partial charge in [-0.25, -0.2) is 4.18 Å². The van der Waals surface area contributed by atoms with Crippen molar-refractivity contribution in [3.05, 3.63) is 96.1 Å². The summed E-state index contributed by atoms with van der Waals surface area (Å²) in [5, 5.41) is 7.96. The van der Waals surface area contributed by atoms with E-state index in [4.69, 9.17) is 22.8 Å². The number of aryl methyl sites for hydroxylation is 2. The lowest BCUT2D eigenvalue weighted by Gasteiger charge is -2.46. The van der Waals surface area contributed by atoms with Crippen LogP contribution < -0.4 is 5.32 Å². The predicted molar refractivity (Wildman–Crippen MR) is 251 cm³/mol. The summed E-state index contributed by atoms with van der Waals surface area (Å²) >= 11 is 0. The molecule has 5 rings (SSSR count). The van der Waals surface area contributed by atoms with E-state index in [1.165, 1.54) is 32.7 Å². The predicted octanol–water partition coefficient (Wildman–Crippen LogP) is 10.6. The van der Waals surface area contributed by atoms with Crippen molar-refractivity contribution in [2.75, 3.05) is 6.61 Å². The van der Waals surface area contributed by atoms with Crippen LogP contribution in [0.4, 0.5) is 0 Å². The highest BCUT2D eigenvalue weighted by atomic mass is 32.3. The molecule has 1 fully saturated rings. The molecular weight excluding hydrogens is 835 g/mol. The van der Waals surface area contributed by atoms with Crippen LogP contribution in [0, 0.1) is 0 Å². The van der Waals surface area contributed by atoms with Crippen LogP contribution in [-0.4, -0.2) is 76.7 Å². The summed E-state index contributed by atoms with van der Waals surface area (Å²) in [6.07, 6.45) is 8.56. The molecule has 63 heavy (non-hydrogen) atoms. The largest absolute Gasteiger partial charge is 0.457 e. The van der Waals surface area contributed by atoms with Gasteiger partial charge >= 0.3 is 16.4 Å². The number of rotatable bonds is 26. The average Bonchev–Trinajstić information content (AvgIpc) is 3.23. The zero-order valence-corrected chi connectivity index (χ0v) is 39.8. The number of nitrogens with one attached hydrogen (secondary N) is 1. The fourth-order valence-corrected chi connectivity index (χ4v) is 9.32.